The third-order valence-corrected chi connectivity index (χ3v) is 6.62. The van der Waals surface area contributed by atoms with E-state index in [1.807, 2.05) is 29.3 Å². The number of pyridine rings is 2. The lowest BCUT2D eigenvalue weighted by atomic mass is 10.1. The first-order chi connectivity index (χ1) is 15.6. The van der Waals surface area contributed by atoms with E-state index in [4.69, 9.17) is 4.98 Å². The Labute approximate surface area is 190 Å². The molecule has 32 heavy (non-hydrogen) atoms. The smallest absolute Gasteiger partial charge is 0.219 e. The molecule has 7 nitrogen and oxygen atoms in total. The van der Waals surface area contributed by atoms with Crippen molar-refractivity contribution in [3.05, 3.63) is 66.6 Å². The third kappa shape index (κ3) is 4.61. The van der Waals surface area contributed by atoms with E-state index in [1.165, 1.54) is 5.56 Å². The van der Waals surface area contributed by atoms with Crippen LogP contribution in [-0.4, -0.2) is 56.8 Å². The van der Waals surface area contributed by atoms with Crippen molar-refractivity contribution in [2.75, 3.05) is 31.5 Å². The van der Waals surface area contributed by atoms with Crippen molar-refractivity contribution in [3.63, 3.8) is 0 Å². The molecule has 5 rings (SSSR count). The maximum atomic E-state index is 11.5. The summed E-state index contributed by atoms with van der Waals surface area (Å²) in [7, 11) is 0. The number of carbonyl (C=O) groups is 1. The van der Waals surface area contributed by atoms with Gasteiger partial charge in [-0.2, -0.15) is 0 Å². The summed E-state index contributed by atoms with van der Waals surface area (Å²) in [4.78, 5) is 29.1. The number of piperazine rings is 1. The second-order valence-electron chi connectivity index (χ2n) is 7.89. The lowest BCUT2D eigenvalue weighted by molar-refractivity contribution is -0.130. The molecule has 0 aliphatic carbocycles. The van der Waals surface area contributed by atoms with Crippen LogP contribution in [0.3, 0.4) is 0 Å². The summed E-state index contributed by atoms with van der Waals surface area (Å²) >= 11 is 1.62. The first-order valence-corrected chi connectivity index (χ1v) is 11.5. The van der Waals surface area contributed by atoms with E-state index in [0.717, 1.165) is 65.0 Å². The van der Waals surface area contributed by atoms with Crippen LogP contribution in [0.25, 0.3) is 21.3 Å². The van der Waals surface area contributed by atoms with Gasteiger partial charge >= 0.3 is 0 Å². The molecule has 1 aromatic carbocycles. The average Bonchev–Trinajstić information content (AvgIpc) is 3.21. The highest BCUT2D eigenvalue weighted by atomic mass is 32.1. The van der Waals surface area contributed by atoms with E-state index in [1.54, 1.807) is 30.7 Å². The fraction of sp³-hybridized carbons (Fsp3) is 0.250. The fourth-order valence-electron chi connectivity index (χ4n) is 3.93. The minimum Gasteiger partial charge on any atom is -0.340 e. The molecule has 1 amide bonds. The molecule has 0 unspecified atom stereocenters. The molecule has 1 N–H and O–H groups in total. The van der Waals surface area contributed by atoms with Gasteiger partial charge in [-0.25, -0.2) is 9.97 Å². The lowest BCUT2D eigenvalue weighted by Crippen LogP contribution is -2.47. The van der Waals surface area contributed by atoms with Crippen LogP contribution in [0.2, 0.25) is 0 Å². The van der Waals surface area contributed by atoms with E-state index < -0.39 is 0 Å². The zero-order valence-electron chi connectivity index (χ0n) is 17.9. The van der Waals surface area contributed by atoms with E-state index in [2.05, 4.69) is 44.5 Å². The first kappa shape index (κ1) is 20.5. The molecule has 0 spiro atoms. The van der Waals surface area contributed by atoms with Gasteiger partial charge in [0.05, 0.1) is 10.2 Å². The largest absolute Gasteiger partial charge is 0.340 e. The number of aromatic nitrogens is 3. The predicted octanol–water partition coefficient (Wildman–Crippen LogP) is 4.16. The van der Waals surface area contributed by atoms with Crippen molar-refractivity contribution in [1.29, 1.82) is 0 Å². The third-order valence-electron chi connectivity index (χ3n) is 5.69. The Morgan fingerprint density at radius 1 is 1.00 bits per heavy atom. The SMILES string of the molecule is CC(=O)N1CCN(Cc2ccnc(Nc3nc4ccc(-c5ccncc5)cc4s3)c2)CC1. The number of fused-ring (bicyclic) bond motifs is 1. The monoisotopic (exact) mass is 444 g/mol. The summed E-state index contributed by atoms with van der Waals surface area (Å²) in [5.41, 5.74) is 4.46. The van der Waals surface area contributed by atoms with Gasteiger partial charge in [-0.15, -0.1) is 0 Å². The van der Waals surface area contributed by atoms with Gasteiger partial charge in [0.1, 0.15) is 5.82 Å². The number of amides is 1. The van der Waals surface area contributed by atoms with Crippen molar-refractivity contribution in [2.24, 2.45) is 0 Å². The van der Waals surface area contributed by atoms with Crippen LogP contribution in [0.4, 0.5) is 10.9 Å². The van der Waals surface area contributed by atoms with Crippen molar-refractivity contribution in [3.8, 4) is 11.1 Å². The van der Waals surface area contributed by atoms with Crippen LogP contribution in [-0.2, 0) is 11.3 Å². The summed E-state index contributed by atoms with van der Waals surface area (Å²) in [6.07, 6.45) is 5.44. The van der Waals surface area contributed by atoms with Crippen LogP contribution < -0.4 is 5.32 Å². The average molecular weight is 445 g/mol. The molecule has 0 bridgehead atoms. The Morgan fingerprint density at radius 3 is 2.59 bits per heavy atom. The normalized spacial score (nSPS) is 14.6. The Bertz CT molecular complexity index is 1230. The maximum absolute atomic E-state index is 11.5. The summed E-state index contributed by atoms with van der Waals surface area (Å²) in [6.45, 7) is 5.85. The number of benzene rings is 1. The first-order valence-electron chi connectivity index (χ1n) is 10.6. The lowest BCUT2D eigenvalue weighted by Gasteiger charge is -2.34. The Kier molecular flexibility index (Phi) is 5.79. The van der Waals surface area contributed by atoms with Crippen molar-refractivity contribution >= 4 is 38.4 Å². The van der Waals surface area contributed by atoms with Gasteiger partial charge in [-0.1, -0.05) is 17.4 Å². The summed E-state index contributed by atoms with van der Waals surface area (Å²) in [5.74, 6) is 0.946. The quantitative estimate of drug-likeness (QED) is 0.498. The van der Waals surface area contributed by atoms with Crippen LogP contribution >= 0.6 is 11.3 Å². The minimum absolute atomic E-state index is 0.156. The Hall–Kier alpha value is -3.36. The molecule has 1 aliphatic rings. The summed E-state index contributed by atoms with van der Waals surface area (Å²) < 4.78 is 1.13. The molecule has 4 heterocycles. The number of nitrogens with zero attached hydrogens (tertiary/aromatic N) is 5. The summed E-state index contributed by atoms with van der Waals surface area (Å²) in [6, 6.07) is 14.4. The number of rotatable bonds is 5. The van der Waals surface area contributed by atoms with Crippen LogP contribution in [0.1, 0.15) is 12.5 Å². The van der Waals surface area contributed by atoms with Crippen LogP contribution in [0, 0.1) is 0 Å². The van der Waals surface area contributed by atoms with Gasteiger partial charge in [0.2, 0.25) is 5.91 Å². The number of thiazole rings is 1. The molecule has 0 saturated carbocycles. The highest BCUT2D eigenvalue weighted by Gasteiger charge is 2.18. The molecular weight excluding hydrogens is 420 g/mol. The molecule has 3 aromatic heterocycles. The van der Waals surface area contributed by atoms with Crippen LogP contribution in [0.15, 0.2) is 61.1 Å². The molecule has 4 aromatic rings. The topological polar surface area (TPSA) is 74.2 Å². The summed E-state index contributed by atoms with van der Waals surface area (Å²) in [5, 5.41) is 4.19. The zero-order chi connectivity index (χ0) is 21.9. The molecule has 0 atom stereocenters. The minimum atomic E-state index is 0.156. The molecule has 162 valence electrons. The predicted molar refractivity (Wildman–Crippen MR) is 128 cm³/mol. The molecule has 0 radical (unpaired) electrons. The van der Waals surface area contributed by atoms with Crippen molar-refractivity contribution in [2.45, 2.75) is 13.5 Å². The van der Waals surface area contributed by atoms with Gasteiger partial charge < -0.3 is 10.2 Å². The Balaban J connectivity index is 1.28. The van der Waals surface area contributed by atoms with E-state index in [0.29, 0.717) is 0 Å². The number of hydrogen-bond donors (Lipinski definition) is 1. The van der Waals surface area contributed by atoms with Gasteiger partial charge in [-0.05, 0) is 53.1 Å². The second-order valence-corrected chi connectivity index (χ2v) is 8.92. The van der Waals surface area contributed by atoms with Gasteiger partial charge in [-0.3, -0.25) is 14.7 Å². The molecule has 8 heteroatoms. The van der Waals surface area contributed by atoms with Crippen molar-refractivity contribution in [1.82, 2.24) is 24.8 Å². The van der Waals surface area contributed by atoms with Gasteiger partial charge in [0.25, 0.3) is 0 Å². The molecule has 1 saturated heterocycles. The second kappa shape index (κ2) is 9.02. The van der Waals surface area contributed by atoms with E-state index >= 15 is 0 Å². The number of anilines is 2. The highest BCUT2D eigenvalue weighted by molar-refractivity contribution is 7.22. The van der Waals surface area contributed by atoms with E-state index in [-0.39, 0.29) is 5.91 Å². The highest BCUT2D eigenvalue weighted by Crippen LogP contribution is 2.31. The standard InChI is InChI=1S/C24H24N6OS/c1-17(31)30-12-10-29(11-13-30)16-18-4-9-26-23(14-18)28-24-27-21-3-2-20(15-22(21)32-24)19-5-7-25-8-6-19/h2-9,14-15H,10-13,16H2,1H3,(H,26,27,28). The molecule has 1 fully saturated rings. The fourth-order valence-corrected chi connectivity index (χ4v) is 4.84. The zero-order valence-corrected chi connectivity index (χ0v) is 18.7. The number of carbonyl (C=O) groups excluding carboxylic acids is 1. The van der Waals surface area contributed by atoms with Gasteiger partial charge in [0.15, 0.2) is 5.13 Å². The van der Waals surface area contributed by atoms with Gasteiger partial charge in [0, 0.05) is 58.2 Å². The Morgan fingerprint density at radius 2 is 1.81 bits per heavy atom. The number of nitrogens with one attached hydrogen (secondary N) is 1. The maximum Gasteiger partial charge on any atom is 0.219 e. The van der Waals surface area contributed by atoms with E-state index in [9.17, 15) is 4.79 Å². The number of hydrogen-bond acceptors (Lipinski definition) is 7. The van der Waals surface area contributed by atoms with Crippen molar-refractivity contribution < 1.29 is 4.79 Å². The molecule has 1 aliphatic heterocycles. The van der Waals surface area contributed by atoms with Crippen LogP contribution in [0.5, 0.6) is 0 Å². The molecular formula is C24H24N6OS.